The van der Waals surface area contributed by atoms with E-state index in [1.807, 2.05) is 0 Å². The van der Waals surface area contributed by atoms with Crippen LogP contribution >= 0.6 is 0 Å². The summed E-state index contributed by atoms with van der Waals surface area (Å²) >= 11 is 0. The molecule has 6 nitrogen and oxygen atoms in total. The monoisotopic (exact) mass is 257 g/mol. The highest BCUT2D eigenvalue weighted by atomic mass is 16.4. The molecule has 0 aliphatic carbocycles. The highest BCUT2D eigenvalue weighted by Crippen LogP contribution is 2.15. The van der Waals surface area contributed by atoms with Gasteiger partial charge < -0.3 is 20.2 Å². The third-order valence-corrected chi connectivity index (χ3v) is 3.58. The van der Waals surface area contributed by atoms with E-state index in [4.69, 9.17) is 5.11 Å². The van der Waals surface area contributed by atoms with Crippen LogP contribution in [0.4, 0.5) is 4.79 Å². The molecule has 0 unspecified atom stereocenters. The molecule has 0 aromatic rings. The summed E-state index contributed by atoms with van der Waals surface area (Å²) in [6.45, 7) is 6.62. The third kappa shape index (κ3) is 3.87. The highest BCUT2D eigenvalue weighted by molar-refractivity contribution is 5.82. The Labute approximate surface area is 108 Å². The summed E-state index contributed by atoms with van der Waals surface area (Å²) in [6, 6.07) is -0.954. The van der Waals surface area contributed by atoms with Crippen molar-refractivity contribution < 1.29 is 14.7 Å². The van der Waals surface area contributed by atoms with Gasteiger partial charge in [0.1, 0.15) is 6.04 Å². The summed E-state index contributed by atoms with van der Waals surface area (Å²) in [4.78, 5) is 26.5. The van der Waals surface area contributed by atoms with Crippen molar-refractivity contribution in [1.82, 2.24) is 15.1 Å². The number of urea groups is 1. The van der Waals surface area contributed by atoms with Crippen molar-refractivity contribution in [2.75, 3.05) is 26.7 Å². The zero-order chi connectivity index (χ0) is 13.7. The van der Waals surface area contributed by atoms with Crippen molar-refractivity contribution in [2.24, 2.45) is 0 Å². The maximum Gasteiger partial charge on any atom is 0.325 e. The van der Waals surface area contributed by atoms with E-state index in [9.17, 15) is 9.59 Å². The third-order valence-electron chi connectivity index (χ3n) is 3.58. The van der Waals surface area contributed by atoms with Crippen LogP contribution in [0.1, 0.15) is 26.7 Å². The standard InChI is InChI=1S/C12H23N3O3/c1-4-15-7-5-10(6-8-15)14(3)12(18)13-9(2)11(16)17/h9-10H,4-8H2,1-3H3,(H,13,18)(H,16,17)/t9-/m0/s1. The number of piperidine rings is 1. The molecular formula is C12H23N3O3. The van der Waals surface area contributed by atoms with Crippen LogP contribution < -0.4 is 5.32 Å². The SMILES string of the molecule is CCN1CCC(N(C)C(=O)N[C@@H](C)C(=O)O)CC1. The molecule has 0 bridgehead atoms. The lowest BCUT2D eigenvalue weighted by molar-refractivity contribution is -0.138. The van der Waals surface area contributed by atoms with Gasteiger partial charge in [-0.1, -0.05) is 6.92 Å². The van der Waals surface area contributed by atoms with Crippen LogP contribution in [0.3, 0.4) is 0 Å². The molecule has 6 heteroatoms. The summed E-state index contributed by atoms with van der Waals surface area (Å²) in [7, 11) is 1.73. The Balaban J connectivity index is 2.42. The van der Waals surface area contributed by atoms with Crippen molar-refractivity contribution in [3.8, 4) is 0 Å². The molecule has 1 rings (SSSR count). The van der Waals surface area contributed by atoms with Gasteiger partial charge in [-0.25, -0.2) is 4.79 Å². The zero-order valence-corrected chi connectivity index (χ0v) is 11.3. The summed E-state index contributed by atoms with van der Waals surface area (Å²) < 4.78 is 0. The first-order valence-electron chi connectivity index (χ1n) is 6.44. The minimum absolute atomic E-state index is 0.203. The molecule has 1 atom stereocenters. The van der Waals surface area contributed by atoms with E-state index < -0.39 is 12.0 Å². The van der Waals surface area contributed by atoms with E-state index in [0.29, 0.717) is 0 Å². The fraction of sp³-hybridized carbons (Fsp3) is 0.833. The quantitative estimate of drug-likeness (QED) is 0.773. The topological polar surface area (TPSA) is 72.9 Å². The van der Waals surface area contributed by atoms with Crippen molar-refractivity contribution >= 4 is 12.0 Å². The molecule has 0 aromatic carbocycles. The number of nitrogens with zero attached hydrogens (tertiary/aromatic N) is 2. The number of hydrogen-bond donors (Lipinski definition) is 2. The number of carbonyl (C=O) groups is 2. The molecule has 1 saturated heterocycles. The predicted octanol–water partition coefficient (Wildman–Crippen LogP) is 0.585. The Kier molecular flexibility index (Phi) is 5.40. The van der Waals surface area contributed by atoms with Gasteiger partial charge in [0.2, 0.25) is 0 Å². The van der Waals surface area contributed by atoms with Crippen LogP contribution in [0.15, 0.2) is 0 Å². The van der Waals surface area contributed by atoms with E-state index in [2.05, 4.69) is 17.1 Å². The summed E-state index contributed by atoms with van der Waals surface area (Å²) in [6.07, 6.45) is 1.89. The lowest BCUT2D eigenvalue weighted by atomic mass is 10.0. The molecular weight excluding hydrogens is 234 g/mol. The maximum absolute atomic E-state index is 11.8. The molecule has 2 N–H and O–H groups in total. The van der Waals surface area contributed by atoms with E-state index >= 15 is 0 Å². The Morgan fingerprint density at radius 3 is 2.44 bits per heavy atom. The van der Waals surface area contributed by atoms with Gasteiger partial charge in [0.15, 0.2) is 0 Å². The van der Waals surface area contributed by atoms with Crippen LogP contribution in [-0.2, 0) is 4.79 Å². The van der Waals surface area contributed by atoms with Gasteiger partial charge in [0.25, 0.3) is 0 Å². The minimum atomic E-state index is -1.02. The second-order valence-electron chi connectivity index (χ2n) is 4.79. The molecule has 18 heavy (non-hydrogen) atoms. The molecule has 1 aliphatic heterocycles. The van der Waals surface area contributed by atoms with Gasteiger partial charge >= 0.3 is 12.0 Å². The Morgan fingerprint density at radius 1 is 1.44 bits per heavy atom. The van der Waals surface area contributed by atoms with Crippen LogP contribution in [0.5, 0.6) is 0 Å². The maximum atomic E-state index is 11.8. The molecule has 1 heterocycles. The van der Waals surface area contributed by atoms with E-state index in [-0.39, 0.29) is 12.1 Å². The average Bonchev–Trinajstić information content (AvgIpc) is 2.37. The number of hydrogen-bond acceptors (Lipinski definition) is 3. The van der Waals surface area contributed by atoms with Crippen molar-refractivity contribution in [3.05, 3.63) is 0 Å². The zero-order valence-electron chi connectivity index (χ0n) is 11.3. The van der Waals surface area contributed by atoms with Crippen LogP contribution in [-0.4, -0.2) is 65.7 Å². The fourth-order valence-corrected chi connectivity index (χ4v) is 2.14. The van der Waals surface area contributed by atoms with Gasteiger partial charge in [0.05, 0.1) is 0 Å². The van der Waals surface area contributed by atoms with Crippen molar-refractivity contribution in [2.45, 2.75) is 38.8 Å². The number of carbonyl (C=O) groups excluding carboxylic acids is 1. The molecule has 1 aliphatic rings. The van der Waals surface area contributed by atoms with Crippen molar-refractivity contribution in [1.29, 1.82) is 0 Å². The molecule has 0 aromatic heterocycles. The lowest BCUT2D eigenvalue weighted by Gasteiger charge is -2.36. The Bertz CT molecular complexity index is 301. The normalized spacial score (nSPS) is 19.3. The molecule has 1 fully saturated rings. The van der Waals surface area contributed by atoms with Gasteiger partial charge in [-0.3, -0.25) is 4.79 Å². The number of rotatable bonds is 4. The Hall–Kier alpha value is -1.30. The molecule has 0 radical (unpaired) electrons. The number of nitrogens with one attached hydrogen (secondary N) is 1. The highest BCUT2D eigenvalue weighted by Gasteiger charge is 2.26. The first kappa shape index (κ1) is 14.8. The first-order valence-corrected chi connectivity index (χ1v) is 6.44. The number of carboxylic acid groups (broad SMARTS) is 1. The van der Waals surface area contributed by atoms with Crippen molar-refractivity contribution in [3.63, 3.8) is 0 Å². The van der Waals surface area contributed by atoms with Gasteiger partial charge in [-0.2, -0.15) is 0 Å². The number of aliphatic carboxylic acids is 1. The van der Waals surface area contributed by atoms with Gasteiger partial charge in [0, 0.05) is 26.2 Å². The average molecular weight is 257 g/mol. The minimum Gasteiger partial charge on any atom is -0.480 e. The molecule has 0 spiro atoms. The summed E-state index contributed by atoms with van der Waals surface area (Å²) in [5.74, 6) is -1.02. The molecule has 104 valence electrons. The van der Waals surface area contributed by atoms with E-state index in [0.717, 1.165) is 32.5 Å². The second-order valence-corrected chi connectivity index (χ2v) is 4.79. The van der Waals surface area contributed by atoms with Gasteiger partial charge in [-0.05, 0) is 26.3 Å². The number of amides is 2. The van der Waals surface area contributed by atoms with E-state index in [1.54, 1.807) is 11.9 Å². The smallest absolute Gasteiger partial charge is 0.325 e. The predicted molar refractivity (Wildman–Crippen MR) is 68.5 cm³/mol. The molecule has 0 saturated carbocycles. The summed E-state index contributed by atoms with van der Waals surface area (Å²) in [5, 5.41) is 11.2. The second kappa shape index (κ2) is 6.58. The lowest BCUT2D eigenvalue weighted by Crippen LogP contribution is -2.51. The fourth-order valence-electron chi connectivity index (χ4n) is 2.14. The summed E-state index contributed by atoms with van der Waals surface area (Å²) in [5.41, 5.74) is 0. The largest absolute Gasteiger partial charge is 0.480 e. The van der Waals surface area contributed by atoms with Gasteiger partial charge in [-0.15, -0.1) is 0 Å². The first-order chi connectivity index (χ1) is 8.45. The van der Waals surface area contributed by atoms with E-state index in [1.165, 1.54) is 6.92 Å². The Morgan fingerprint density at radius 2 is 2.00 bits per heavy atom. The number of carboxylic acids is 1. The van der Waals surface area contributed by atoms with Crippen LogP contribution in [0.2, 0.25) is 0 Å². The molecule has 2 amide bonds. The number of likely N-dealkylation sites (tertiary alicyclic amines) is 1. The van der Waals surface area contributed by atoms with Crippen LogP contribution in [0.25, 0.3) is 0 Å². The van der Waals surface area contributed by atoms with Crippen LogP contribution in [0, 0.1) is 0 Å².